The number of hydrogen-bond donors (Lipinski definition) is 0. The summed E-state index contributed by atoms with van der Waals surface area (Å²) in [5, 5.41) is 0. The second-order valence-electron chi connectivity index (χ2n) is 7.71. The van der Waals surface area contributed by atoms with E-state index in [4.69, 9.17) is 14.2 Å². The summed E-state index contributed by atoms with van der Waals surface area (Å²) in [4.78, 5) is 12.5. The molecule has 1 aromatic carbocycles. The smallest absolute Gasteiger partial charge is 0.338 e. The average molecular weight is 407 g/mol. The number of hydrogen-bond acceptors (Lipinski definition) is 4. The van der Waals surface area contributed by atoms with Gasteiger partial charge in [-0.05, 0) is 31.4 Å². The molecule has 0 aliphatic carbocycles. The highest BCUT2D eigenvalue weighted by molar-refractivity contribution is 5.90. The van der Waals surface area contributed by atoms with Crippen LogP contribution in [0.2, 0.25) is 0 Å². The van der Waals surface area contributed by atoms with Crippen LogP contribution in [0.3, 0.4) is 0 Å². The predicted octanol–water partition coefficient (Wildman–Crippen LogP) is 7.34. The number of carbonyl (C=O) groups is 1. The van der Waals surface area contributed by atoms with Gasteiger partial charge in [-0.3, -0.25) is 0 Å². The van der Waals surface area contributed by atoms with Crippen LogP contribution < -0.4 is 9.47 Å². The van der Waals surface area contributed by atoms with E-state index < -0.39 is 0 Å². The van der Waals surface area contributed by atoms with Crippen molar-refractivity contribution < 1.29 is 19.0 Å². The average Bonchev–Trinajstić information content (AvgIpc) is 2.73. The number of benzene rings is 1. The van der Waals surface area contributed by atoms with E-state index >= 15 is 0 Å². The lowest BCUT2D eigenvalue weighted by Gasteiger charge is -2.12. The molecule has 0 saturated carbocycles. The normalized spacial score (nSPS) is 10.7. The highest BCUT2D eigenvalue weighted by atomic mass is 16.5. The van der Waals surface area contributed by atoms with Crippen LogP contribution in [0.5, 0.6) is 11.5 Å². The van der Waals surface area contributed by atoms with Gasteiger partial charge in [-0.1, -0.05) is 78.6 Å². The molecule has 0 spiro atoms. The van der Waals surface area contributed by atoms with Crippen LogP contribution in [0, 0.1) is 0 Å². The van der Waals surface area contributed by atoms with E-state index in [0.29, 0.717) is 36.9 Å². The summed E-state index contributed by atoms with van der Waals surface area (Å²) in [6.07, 6.45) is 13.6. The Labute approximate surface area is 178 Å². The summed E-state index contributed by atoms with van der Waals surface area (Å²) < 4.78 is 17.2. The van der Waals surface area contributed by atoms with Crippen molar-refractivity contribution in [3.63, 3.8) is 0 Å². The molecule has 0 bridgehead atoms. The van der Waals surface area contributed by atoms with Crippen LogP contribution in [0.4, 0.5) is 0 Å². The second kappa shape index (κ2) is 17.2. The molecular formula is C25H42O4. The van der Waals surface area contributed by atoms with Gasteiger partial charge in [0.25, 0.3) is 0 Å². The van der Waals surface area contributed by atoms with Gasteiger partial charge in [0.1, 0.15) is 11.5 Å². The Hall–Kier alpha value is -1.71. The zero-order chi connectivity index (χ0) is 21.2. The first kappa shape index (κ1) is 25.3. The Bertz CT molecular complexity index is 509. The van der Waals surface area contributed by atoms with Crippen LogP contribution >= 0.6 is 0 Å². The van der Waals surface area contributed by atoms with Crippen LogP contribution in [-0.2, 0) is 4.74 Å². The molecule has 0 unspecified atom stereocenters. The molecular weight excluding hydrogens is 364 g/mol. The molecule has 0 atom stereocenters. The Balaban J connectivity index is 2.63. The van der Waals surface area contributed by atoms with Gasteiger partial charge < -0.3 is 14.2 Å². The molecule has 4 nitrogen and oxygen atoms in total. The summed E-state index contributed by atoms with van der Waals surface area (Å²) >= 11 is 0. The first-order chi connectivity index (χ1) is 14.2. The molecule has 0 amide bonds. The molecule has 0 radical (unpaired) electrons. The van der Waals surface area contributed by atoms with Crippen molar-refractivity contribution in [2.75, 3.05) is 19.8 Å². The van der Waals surface area contributed by atoms with Gasteiger partial charge >= 0.3 is 5.97 Å². The molecule has 0 aliphatic rings. The molecule has 166 valence electrons. The monoisotopic (exact) mass is 406 g/mol. The van der Waals surface area contributed by atoms with Gasteiger partial charge in [-0.2, -0.15) is 0 Å². The fourth-order valence-electron chi connectivity index (χ4n) is 3.07. The molecule has 0 heterocycles. The zero-order valence-electron chi connectivity index (χ0n) is 19.0. The summed E-state index contributed by atoms with van der Waals surface area (Å²) in [5.41, 5.74) is 0.509. The number of esters is 1. The lowest BCUT2D eigenvalue weighted by Crippen LogP contribution is -2.08. The van der Waals surface area contributed by atoms with Crippen LogP contribution in [0.25, 0.3) is 0 Å². The Kier molecular flexibility index (Phi) is 15.0. The third kappa shape index (κ3) is 12.5. The maximum Gasteiger partial charge on any atom is 0.338 e. The largest absolute Gasteiger partial charge is 0.493 e. The maximum atomic E-state index is 12.5. The zero-order valence-corrected chi connectivity index (χ0v) is 19.0. The molecule has 1 rings (SSSR count). The number of rotatable bonds is 18. The molecule has 0 saturated heterocycles. The number of carbonyl (C=O) groups excluding carboxylic acids is 1. The van der Waals surface area contributed by atoms with Crippen molar-refractivity contribution in [3.8, 4) is 11.5 Å². The molecule has 0 aliphatic heterocycles. The molecule has 1 aromatic rings. The van der Waals surface area contributed by atoms with Gasteiger partial charge in [0, 0.05) is 6.07 Å². The number of unbranched alkanes of at least 4 members (excludes halogenated alkanes) is 9. The third-order valence-corrected chi connectivity index (χ3v) is 4.88. The lowest BCUT2D eigenvalue weighted by molar-refractivity contribution is 0.0496. The molecule has 4 heteroatoms. The van der Waals surface area contributed by atoms with Gasteiger partial charge in [-0.15, -0.1) is 0 Å². The van der Waals surface area contributed by atoms with Crippen molar-refractivity contribution in [2.24, 2.45) is 0 Å². The van der Waals surface area contributed by atoms with E-state index in [-0.39, 0.29) is 5.97 Å². The minimum absolute atomic E-state index is 0.297. The predicted molar refractivity (Wildman–Crippen MR) is 120 cm³/mol. The van der Waals surface area contributed by atoms with E-state index in [0.717, 1.165) is 38.5 Å². The quantitative estimate of drug-likeness (QED) is 0.189. The lowest BCUT2D eigenvalue weighted by atomic mass is 10.2. The van der Waals surface area contributed by atoms with Crippen molar-refractivity contribution in [1.29, 1.82) is 0 Å². The summed E-state index contributed by atoms with van der Waals surface area (Å²) in [6, 6.07) is 5.44. The highest BCUT2D eigenvalue weighted by Crippen LogP contribution is 2.24. The van der Waals surface area contributed by atoms with Crippen molar-refractivity contribution >= 4 is 5.97 Å². The van der Waals surface area contributed by atoms with E-state index in [1.807, 2.05) is 6.07 Å². The van der Waals surface area contributed by atoms with Crippen molar-refractivity contribution in [2.45, 2.75) is 97.8 Å². The van der Waals surface area contributed by atoms with Crippen LogP contribution in [0.15, 0.2) is 18.2 Å². The molecule has 0 N–H and O–H groups in total. The summed E-state index contributed by atoms with van der Waals surface area (Å²) in [5.74, 6) is 1.07. The van der Waals surface area contributed by atoms with Crippen LogP contribution in [0.1, 0.15) is 108 Å². The molecule has 0 aromatic heterocycles. The molecule has 29 heavy (non-hydrogen) atoms. The van der Waals surface area contributed by atoms with E-state index in [9.17, 15) is 4.79 Å². The first-order valence-electron chi connectivity index (χ1n) is 11.8. The Morgan fingerprint density at radius 3 is 1.52 bits per heavy atom. The summed E-state index contributed by atoms with van der Waals surface area (Å²) in [7, 11) is 0. The maximum absolute atomic E-state index is 12.5. The second-order valence-corrected chi connectivity index (χ2v) is 7.71. The fraction of sp³-hybridized carbons (Fsp3) is 0.720. The highest BCUT2D eigenvalue weighted by Gasteiger charge is 2.12. The standard InChI is InChI=1S/C25H42O4/c1-4-7-10-13-16-27-23-19-22(25(26)29-18-15-12-9-6-3)20-24(21-23)28-17-14-11-8-5-2/h19-21H,4-18H2,1-3H3. The SMILES string of the molecule is CCCCCCOC(=O)c1cc(OCCCCCC)cc(OCCCCCC)c1. The Morgan fingerprint density at radius 2 is 1.07 bits per heavy atom. The van der Waals surface area contributed by atoms with Crippen LogP contribution in [-0.4, -0.2) is 25.8 Å². The number of ether oxygens (including phenoxy) is 3. The molecule has 0 fully saturated rings. The fourth-order valence-corrected chi connectivity index (χ4v) is 3.07. The van der Waals surface area contributed by atoms with Gasteiger partial charge in [0.15, 0.2) is 0 Å². The van der Waals surface area contributed by atoms with Crippen molar-refractivity contribution in [1.82, 2.24) is 0 Å². The minimum Gasteiger partial charge on any atom is -0.493 e. The Morgan fingerprint density at radius 1 is 0.621 bits per heavy atom. The third-order valence-electron chi connectivity index (χ3n) is 4.88. The van der Waals surface area contributed by atoms with E-state index in [2.05, 4.69) is 20.8 Å². The summed E-state index contributed by atoms with van der Waals surface area (Å²) in [6.45, 7) is 8.35. The van der Waals surface area contributed by atoms with E-state index in [1.165, 1.54) is 38.5 Å². The first-order valence-corrected chi connectivity index (χ1v) is 11.8. The van der Waals surface area contributed by atoms with Gasteiger partial charge in [0.2, 0.25) is 0 Å². The minimum atomic E-state index is -0.297. The topological polar surface area (TPSA) is 44.8 Å². The van der Waals surface area contributed by atoms with Gasteiger partial charge in [0.05, 0.1) is 25.4 Å². The van der Waals surface area contributed by atoms with E-state index in [1.54, 1.807) is 12.1 Å². The van der Waals surface area contributed by atoms with Crippen molar-refractivity contribution in [3.05, 3.63) is 23.8 Å². The van der Waals surface area contributed by atoms with Gasteiger partial charge in [-0.25, -0.2) is 4.79 Å².